The third-order valence-corrected chi connectivity index (χ3v) is 7.12. The van der Waals surface area contributed by atoms with Crippen molar-refractivity contribution in [3.8, 4) is 22.6 Å². The molecular weight excluding hydrogens is 428 g/mol. The van der Waals surface area contributed by atoms with Gasteiger partial charge in [0, 0.05) is 27.1 Å². The number of methoxy groups -OCH3 is 2. The highest BCUT2D eigenvalue weighted by atomic mass is 32.2. The Morgan fingerprint density at radius 1 is 0.667 bits per heavy atom. The summed E-state index contributed by atoms with van der Waals surface area (Å²) in [5.41, 5.74) is 5.67. The van der Waals surface area contributed by atoms with E-state index in [1.807, 2.05) is 23.9 Å². The van der Waals surface area contributed by atoms with Gasteiger partial charge in [0.1, 0.15) is 5.82 Å². The smallest absolute Gasteiger partial charge is 0.161 e. The molecule has 0 saturated carbocycles. The number of para-hydroxylation sites is 2. The fraction of sp³-hybridized carbons (Fsp3) is 0.0714. The van der Waals surface area contributed by atoms with Gasteiger partial charge >= 0.3 is 0 Å². The molecule has 0 atom stereocenters. The van der Waals surface area contributed by atoms with Crippen molar-refractivity contribution in [1.82, 2.24) is 4.40 Å². The van der Waals surface area contributed by atoms with Crippen molar-refractivity contribution < 1.29 is 9.47 Å². The fourth-order valence-electron chi connectivity index (χ4n) is 4.49. The van der Waals surface area contributed by atoms with Gasteiger partial charge in [0.15, 0.2) is 11.5 Å². The van der Waals surface area contributed by atoms with Crippen LogP contribution in [0.15, 0.2) is 107 Å². The van der Waals surface area contributed by atoms with Crippen LogP contribution in [0.1, 0.15) is 0 Å². The molecule has 0 amide bonds. The van der Waals surface area contributed by atoms with Gasteiger partial charge in [-0.05, 0) is 60.2 Å². The lowest BCUT2D eigenvalue weighted by Gasteiger charge is -2.33. The Kier molecular flexibility index (Phi) is 4.77. The van der Waals surface area contributed by atoms with Crippen LogP contribution in [0.2, 0.25) is 0 Å². The van der Waals surface area contributed by atoms with E-state index in [9.17, 15) is 0 Å². The molecule has 0 spiro atoms. The molecule has 4 nitrogen and oxygen atoms in total. The van der Waals surface area contributed by atoms with Crippen LogP contribution in [-0.2, 0) is 0 Å². The molecule has 0 bridgehead atoms. The summed E-state index contributed by atoms with van der Waals surface area (Å²) in [7, 11) is 3.34. The summed E-state index contributed by atoms with van der Waals surface area (Å²) in [5, 5.41) is 0. The quantitative estimate of drug-likeness (QED) is 0.277. The van der Waals surface area contributed by atoms with Crippen molar-refractivity contribution in [2.45, 2.75) is 9.79 Å². The summed E-state index contributed by atoms with van der Waals surface area (Å²) in [4.78, 5) is 4.85. The molecule has 0 aliphatic carbocycles. The largest absolute Gasteiger partial charge is 0.493 e. The molecule has 1 aliphatic heterocycles. The van der Waals surface area contributed by atoms with Crippen LogP contribution in [0, 0.1) is 0 Å². The molecule has 3 heterocycles. The highest BCUT2D eigenvalue weighted by molar-refractivity contribution is 7.99. The monoisotopic (exact) mass is 450 g/mol. The lowest BCUT2D eigenvalue weighted by Crippen LogP contribution is -2.17. The van der Waals surface area contributed by atoms with E-state index >= 15 is 0 Å². The second-order valence-corrected chi connectivity index (χ2v) is 8.90. The van der Waals surface area contributed by atoms with Gasteiger partial charge in [-0.15, -0.1) is 0 Å². The summed E-state index contributed by atoms with van der Waals surface area (Å²) in [6.07, 6.45) is 2.13. The standard InChI is InChI=1S/C28H22N2O2S/c1-31-24-15-14-19(17-25(24)32-2)21-18-20-9-7-8-16-29(20)28(21)30-22-10-3-5-12-26(22)33-27-13-6-4-11-23(27)30/h3-18H,1-2H3. The van der Waals surface area contributed by atoms with Crippen molar-refractivity contribution in [2.24, 2.45) is 0 Å². The van der Waals surface area contributed by atoms with Crippen LogP contribution in [0.5, 0.6) is 11.5 Å². The molecule has 162 valence electrons. The first-order chi connectivity index (χ1) is 16.3. The molecule has 6 rings (SSSR count). The summed E-state index contributed by atoms with van der Waals surface area (Å²) in [6.45, 7) is 0. The second kappa shape index (κ2) is 7.94. The first kappa shape index (κ1) is 19.8. The van der Waals surface area contributed by atoms with Crippen molar-refractivity contribution in [1.29, 1.82) is 0 Å². The van der Waals surface area contributed by atoms with Gasteiger partial charge in [-0.3, -0.25) is 4.90 Å². The molecule has 0 fully saturated rings. The molecule has 2 aromatic heterocycles. The minimum absolute atomic E-state index is 0.714. The molecule has 0 N–H and O–H groups in total. The Morgan fingerprint density at radius 2 is 1.33 bits per heavy atom. The van der Waals surface area contributed by atoms with E-state index in [1.165, 1.54) is 21.2 Å². The topological polar surface area (TPSA) is 26.1 Å². The maximum atomic E-state index is 5.62. The summed E-state index contributed by atoms with van der Waals surface area (Å²) in [5.74, 6) is 2.53. The molecule has 0 unspecified atom stereocenters. The predicted molar refractivity (Wildman–Crippen MR) is 135 cm³/mol. The molecule has 33 heavy (non-hydrogen) atoms. The molecule has 0 radical (unpaired) electrons. The van der Waals surface area contributed by atoms with Gasteiger partial charge in [0.25, 0.3) is 0 Å². The SMILES string of the molecule is COc1ccc(-c2cc3ccccn3c2N2c3ccccc3Sc3ccccc32)cc1OC. The third-order valence-electron chi connectivity index (χ3n) is 5.99. The molecule has 0 saturated heterocycles. The van der Waals surface area contributed by atoms with E-state index in [0.717, 1.165) is 28.2 Å². The third kappa shape index (κ3) is 3.16. The number of rotatable bonds is 4. The minimum atomic E-state index is 0.714. The van der Waals surface area contributed by atoms with Crippen LogP contribution in [0.4, 0.5) is 17.2 Å². The second-order valence-electron chi connectivity index (χ2n) is 7.82. The van der Waals surface area contributed by atoms with Crippen LogP contribution in [0.25, 0.3) is 16.6 Å². The number of nitrogens with zero attached hydrogens (tertiary/aromatic N) is 2. The lowest BCUT2D eigenvalue weighted by molar-refractivity contribution is 0.355. The zero-order chi connectivity index (χ0) is 22.4. The van der Waals surface area contributed by atoms with Gasteiger partial charge in [0.05, 0.1) is 25.6 Å². The number of fused-ring (bicyclic) bond motifs is 3. The Bertz CT molecular complexity index is 1450. The zero-order valence-electron chi connectivity index (χ0n) is 18.4. The highest BCUT2D eigenvalue weighted by Crippen LogP contribution is 2.53. The van der Waals surface area contributed by atoms with Crippen molar-refractivity contribution in [2.75, 3.05) is 19.1 Å². The summed E-state index contributed by atoms with van der Waals surface area (Å²) >= 11 is 1.81. The number of anilines is 3. The van der Waals surface area contributed by atoms with Gasteiger partial charge in [-0.1, -0.05) is 48.2 Å². The molecule has 3 aromatic carbocycles. The Balaban J connectivity index is 1.67. The van der Waals surface area contributed by atoms with E-state index in [2.05, 4.69) is 94.4 Å². The number of hydrogen-bond acceptors (Lipinski definition) is 4. The zero-order valence-corrected chi connectivity index (χ0v) is 19.2. The average Bonchev–Trinajstić information content (AvgIpc) is 3.26. The summed E-state index contributed by atoms with van der Waals surface area (Å²) in [6, 6.07) is 31.8. The minimum Gasteiger partial charge on any atom is -0.493 e. The molecule has 5 aromatic rings. The Morgan fingerprint density at radius 3 is 2.03 bits per heavy atom. The van der Waals surface area contributed by atoms with E-state index in [1.54, 1.807) is 14.2 Å². The van der Waals surface area contributed by atoms with Gasteiger partial charge < -0.3 is 13.9 Å². The first-order valence-electron chi connectivity index (χ1n) is 10.8. The summed E-state index contributed by atoms with van der Waals surface area (Å²) < 4.78 is 13.4. The van der Waals surface area contributed by atoms with E-state index in [0.29, 0.717) is 5.75 Å². The van der Waals surface area contributed by atoms with Crippen LogP contribution in [0.3, 0.4) is 0 Å². The van der Waals surface area contributed by atoms with E-state index < -0.39 is 0 Å². The van der Waals surface area contributed by atoms with Gasteiger partial charge in [0.2, 0.25) is 0 Å². The predicted octanol–water partition coefficient (Wildman–Crippen LogP) is 7.56. The number of benzene rings is 3. The lowest BCUT2D eigenvalue weighted by atomic mass is 10.1. The Labute approximate surface area is 197 Å². The maximum Gasteiger partial charge on any atom is 0.161 e. The van der Waals surface area contributed by atoms with E-state index in [-0.39, 0.29) is 0 Å². The number of pyridine rings is 1. The average molecular weight is 451 g/mol. The van der Waals surface area contributed by atoms with Crippen molar-refractivity contribution in [3.63, 3.8) is 0 Å². The molecule has 1 aliphatic rings. The normalized spacial score (nSPS) is 12.4. The van der Waals surface area contributed by atoms with E-state index in [4.69, 9.17) is 9.47 Å². The van der Waals surface area contributed by atoms with Gasteiger partial charge in [-0.2, -0.15) is 0 Å². The first-order valence-corrected chi connectivity index (χ1v) is 11.6. The van der Waals surface area contributed by atoms with Crippen molar-refractivity contribution in [3.05, 3.63) is 97.2 Å². The van der Waals surface area contributed by atoms with Crippen LogP contribution >= 0.6 is 11.8 Å². The Hall–Kier alpha value is -3.83. The number of ether oxygens (including phenoxy) is 2. The van der Waals surface area contributed by atoms with Crippen molar-refractivity contribution >= 4 is 34.5 Å². The van der Waals surface area contributed by atoms with Gasteiger partial charge in [-0.25, -0.2) is 0 Å². The molecular formula is C28H22N2O2S. The molecule has 5 heteroatoms. The van der Waals surface area contributed by atoms with Crippen LogP contribution in [-0.4, -0.2) is 18.6 Å². The number of aromatic nitrogens is 1. The fourth-order valence-corrected chi connectivity index (χ4v) is 5.54. The maximum absolute atomic E-state index is 5.62. The highest BCUT2D eigenvalue weighted by Gasteiger charge is 2.29. The van der Waals surface area contributed by atoms with Crippen LogP contribution < -0.4 is 14.4 Å². The number of hydrogen-bond donors (Lipinski definition) is 0.